The average Bonchev–Trinajstić information content (AvgIpc) is 2.94. The summed E-state index contributed by atoms with van der Waals surface area (Å²) in [5.74, 6) is -1.54. The minimum Gasteiger partial charge on any atom is -0.477 e. The standard InChI is InChI=1S/C35H61NO7/c1-6-8-10-12-14-16-18-19-21-23-25-33(37)42-30-31(29-41-28-27-32(35(39)40)36(3,4)5)43-34(38)26-24-22-20-17-15-13-11-9-7-2/h9,11-12,14-15,17,31-32H,6-8,10,13,16,18-30H2,1-5H3/p+1/b11-9+,14-12+,17-15+. The van der Waals surface area contributed by atoms with Crippen LogP contribution in [0.1, 0.15) is 117 Å². The Labute approximate surface area is 262 Å². The molecule has 0 saturated carbocycles. The van der Waals surface area contributed by atoms with Gasteiger partial charge in [0.25, 0.3) is 0 Å². The molecule has 43 heavy (non-hydrogen) atoms. The minimum atomic E-state index is -0.885. The van der Waals surface area contributed by atoms with Crippen LogP contribution in [-0.4, -0.2) is 80.6 Å². The van der Waals surface area contributed by atoms with E-state index in [9.17, 15) is 19.5 Å². The lowest BCUT2D eigenvalue weighted by Gasteiger charge is -2.31. The molecule has 2 unspecified atom stereocenters. The second kappa shape index (κ2) is 27.1. The van der Waals surface area contributed by atoms with E-state index in [0.717, 1.165) is 64.2 Å². The van der Waals surface area contributed by atoms with Crippen LogP contribution < -0.4 is 0 Å². The molecule has 0 rings (SSSR count). The molecule has 0 spiro atoms. The highest BCUT2D eigenvalue weighted by Crippen LogP contribution is 2.11. The highest BCUT2D eigenvalue weighted by atomic mass is 16.6. The highest BCUT2D eigenvalue weighted by Gasteiger charge is 2.31. The van der Waals surface area contributed by atoms with Crippen molar-refractivity contribution in [1.29, 1.82) is 0 Å². The molecule has 0 fully saturated rings. The molecule has 8 nitrogen and oxygen atoms in total. The Hall–Kier alpha value is -2.45. The maximum absolute atomic E-state index is 12.5. The normalized spacial score (nSPS) is 13.6. The number of rotatable bonds is 28. The number of likely N-dealkylation sites (N-methyl/N-ethyl adjacent to an activating group) is 1. The van der Waals surface area contributed by atoms with E-state index >= 15 is 0 Å². The quantitative estimate of drug-likeness (QED) is 0.0423. The molecule has 0 aliphatic heterocycles. The zero-order valence-corrected chi connectivity index (χ0v) is 27.9. The van der Waals surface area contributed by atoms with Gasteiger partial charge < -0.3 is 23.8 Å². The van der Waals surface area contributed by atoms with E-state index in [1.54, 1.807) is 0 Å². The molecular weight excluding hydrogens is 546 g/mol. The monoisotopic (exact) mass is 608 g/mol. The van der Waals surface area contributed by atoms with E-state index in [4.69, 9.17) is 14.2 Å². The minimum absolute atomic E-state index is 0.0439. The van der Waals surface area contributed by atoms with Gasteiger partial charge in [-0.15, -0.1) is 0 Å². The third kappa shape index (κ3) is 25.7. The maximum atomic E-state index is 12.5. The molecule has 0 bridgehead atoms. The second-order valence-electron chi connectivity index (χ2n) is 12.0. The van der Waals surface area contributed by atoms with Crippen LogP contribution in [-0.2, 0) is 28.6 Å². The molecule has 0 heterocycles. The van der Waals surface area contributed by atoms with Crippen LogP contribution in [0.2, 0.25) is 0 Å². The number of nitrogens with zero attached hydrogens (tertiary/aromatic N) is 1. The van der Waals surface area contributed by atoms with Crippen molar-refractivity contribution in [3.8, 4) is 0 Å². The van der Waals surface area contributed by atoms with Crippen LogP contribution in [0.3, 0.4) is 0 Å². The largest absolute Gasteiger partial charge is 0.477 e. The number of hydrogen-bond acceptors (Lipinski definition) is 6. The van der Waals surface area contributed by atoms with Gasteiger partial charge in [0.1, 0.15) is 6.61 Å². The van der Waals surface area contributed by atoms with Gasteiger partial charge in [-0.2, -0.15) is 0 Å². The van der Waals surface area contributed by atoms with Gasteiger partial charge in [-0.1, -0.05) is 76.0 Å². The lowest BCUT2D eigenvalue weighted by molar-refractivity contribution is -0.887. The van der Waals surface area contributed by atoms with Crippen LogP contribution in [0.4, 0.5) is 0 Å². The number of hydrogen-bond donors (Lipinski definition) is 1. The van der Waals surface area contributed by atoms with E-state index in [-0.39, 0.29) is 42.7 Å². The summed E-state index contributed by atoms with van der Waals surface area (Å²) in [7, 11) is 5.48. The lowest BCUT2D eigenvalue weighted by atomic mass is 10.1. The Morgan fingerprint density at radius 2 is 1.30 bits per heavy atom. The number of carboxylic acid groups (broad SMARTS) is 1. The SMILES string of the molecule is CC/C=C/C/C=C/CCCCC(=O)OC(COCCC(C(=O)O)[N+](C)(C)C)COC(=O)CCCCCC/C=C/CCCC. The number of carbonyl (C=O) groups is 3. The summed E-state index contributed by atoms with van der Waals surface area (Å²) in [4.78, 5) is 36.5. The van der Waals surface area contributed by atoms with Gasteiger partial charge >= 0.3 is 17.9 Å². The first-order chi connectivity index (χ1) is 20.6. The Morgan fingerprint density at radius 1 is 0.721 bits per heavy atom. The first-order valence-electron chi connectivity index (χ1n) is 16.5. The molecular formula is C35H62NO7+. The van der Waals surface area contributed by atoms with E-state index in [0.29, 0.717) is 19.3 Å². The van der Waals surface area contributed by atoms with Crippen molar-refractivity contribution in [2.75, 3.05) is 41.0 Å². The van der Waals surface area contributed by atoms with E-state index in [1.807, 2.05) is 21.1 Å². The van der Waals surface area contributed by atoms with Crippen LogP contribution in [0, 0.1) is 0 Å². The zero-order chi connectivity index (χ0) is 32.2. The summed E-state index contributed by atoms with van der Waals surface area (Å²) in [6.07, 6.45) is 26.4. The molecule has 0 aromatic heterocycles. The number of esters is 2. The van der Waals surface area contributed by atoms with Crippen molar-refractivity contribution < 1.29 is 38.2 Å². The fraction of sp³-hybridized carbons (Fsp3) is 0.743. The van der Waals surface area contributed by atoms with Gasteiger partial charge in [-0.3, -0.25) is 9.59 Å². The van der Waals surface area contributed by atoms with Crippen molar-refractivity contribution in [3.63, 3.8) is 0 Å². The van der Waals surface area contributed by atoms with Gasteiger partial charge in [0, 0.05) is 19.3 Å². The van der Waals surface area contributed by atoms with Crippen LogP contribution in [0.25, 0.3) is 0 Å². The first-order valence-corrected chi connectivity index (χ1v) is 16.5. The van der Waals surface area contributed by atoms with E-state index in [1.165, 1.54) is 12.8 Å². The molecule has 0 saturated heterocycles. The number of carboxylic acids is 1. The van der Waals surface area contributed by atoms with E-state index in [2.05, 4.69) is 50.3 Å². The van der Waals surface area contributed by atoms with Crippen LogP contribution in [0.15, 0.2) is 36.5 Å². The number of aliphatic carboxylic acids is 1. The molecule has 2 atom stereocenters. The van der Waals surface area contributed by atoms with Crippen molar-refractivity contribution in [2.45, 2.75) is 129 Å². The predicted octanol–water partition coefficient (Wildman–Crippen LogP) is 7.57. The summed E-state index contributed by atoms with van der Waals surface area (Å²) >= 11 is 0. The van der Waals surface area contributed by atoms with Crippen molar-refractivity contribution >= 4 is 17.9 Å². The van der Waals surface area contributed by atoms with Crippen molar-refractivity contribution in [1.82, 2.24) is 0 Å². The highest BCUT2D eigenvalue weighted by molar-refractivity contribution is 5.72. The summed E-state index contributed by atoms with van der Waals surface area (Å²) in [5, 5.41) is 9.53. The second-order valence-corrected chi connectivity index (χ2v) is 12.0. The molecule has 8 heteroatoms. The number of quaternary nitrogens is 1. The first kappa shape index (κ1) is 40.5. The van der Waals surface area contributed by atoms with Crippen molar-refractivity contribution in [3.05, 3.63) is 36.5 Å². The van der Waals surface area contributed by atoms with Gasteiger partial charge in [0.2, 0.25) is 0 Å². The molecule has 0 aromatic rings. The molecule has 1 N–H and O–H groups in total. The molecule has 0 amide bonds. The van der Waals surface area contributed by atoms with Crippen molar-refractivity contribution in [2.24, 2.45) is 0 Å². The Bertz CT molecular complexity index is 813. The Balaban J connectivity index is 4.56. The van der Waals surface area contributed by atoms with Crippen LogP contribution >= 0.6 is 0 Å². The van der Waals surface area contributed by atoms with Gasteiger partial charge in [-0.25, -0.2) is 4.79 Å². The average molecular weight is 609 g/mol. The predicted molar refractivity (Wildman–Crippen MR) is 174 cm³/mol. The third-order valence-electron chi connectivity index (χ3n) is 7.02. The summed E-state index contributed by atoms with van der Waals surface area (Å²) < 4.78 is 17.0. The fourth-order valence-electron chi connectivity index (χ4n) is 4.40. The van der Waals surface area contributed by atoms with Gasteiger partial charge in [-0.05, 0) is 57.8 Å². The summed E-state index contributed by atoms with van der Waals surface area (Å²) in [6.45, 7) is 4.48. The summed E-state index contributed by atoms with van der Waals surface area (Å²) in [5.41, 5.74) is 0. The number of ether oxygens (including phenoxy) is 3. The lowest BCUT2D eigenvalue weighted by Crippen LogP contribution is -2.50. The maximum Gasteiger partial charge on any atom is 0.362 e. The number of allylic oxidation sites excluding steroid dienone is 6. The smallest absolute Gasteiger partial charge is 0.362 e. The Morgan fingerprint density at radius 3 is 1.95 bits per heavy atom. The molecule has 0 radical (unpaired) electrons. The number of carbonyl (C=O) groups excluding carboxylic acids is 2. The number of unbranched alkanes of at least 4 members (excludes halogenated alkanes) is 8. The zero-order valence-electron chi connectivity index (χ0n) is 27.9. The van der Waals surface area contributed by atoms with Gasteiger partial charge in [0.05, 0.1) is 34.4 Å². The van der Waals surface area contributed by atoms with E-state index < -0.39 is 18.1 Å². The molecule has 0 aliphatic rings. The fourth-order valence-corrected chi connectivity index (χ4v) is 4.40. The van der Waals surface area contributed by atoms with Gasteiger partial charge in [0.15, 0.2) is 12.1 Å². The summed E-state index contributed by atoms with van der Waals surface area (Å²) in [6, 6.07) is -0.618. The third-order valence-corrected chi connectivity index (χ3v) is 7.02. The molecule has 0 aliphatic carbocycles. The molecule has 248 valence electrons. The molecule has 0 aromatic carbocycles. The Kier molecular flexibility index (Phi) is 25.6. The van der Waals surface area contributed by atoms with Crippen LogP contribution in [0.5, 0.6) is 0 Å². The topological polar surface area (TPSA) is 99.1 Å².